The molecule has 0 atom stereocenters. The molecule has 17 heavy (non-hydrogen) atoms. The summed E-state index contributed by atoms with van der Waals surface area (Å²) in [4.78, 5) is 11.6. The Labute approximate surface area is 99.3 Å². The van der Waals surface area contributed by atoms with E-state index in [9.17, 15) is 4.79 Å². The first-order valence-corrected chi connectivity index (χ1v) is 6.03. The predicted molar refractivity (Wildman–Crippen MR) is 67.0 cm³/mol. The molecule has 0 radical (unpaired) electrons. The zero-order chi connectivity index (χ0) is 11.7. The molecular weight excluding hydrogens is 214 g/mol. The highest BCUT2D eigenvalue weighted by atomic mass is 16.1. The van der Waals surface area contributed by atoms with Gasteiger partial charge in [0.15, 0.2) is 0 Å². The van der Waals surface area contributed by atoms with Crippen molar-refractivity contribution in [3.63, 3.8) is 0 Å². The van der Waals surface area contributed by atoms with Crippen LogP contribution < -0.4 is 10.7 Å². The predicted octanol–water partition coefficient (Wildman–Crippen LogP) is 1.15. The first-order valence-electron chi connectivity index (χ1n) is 6.03. The smallest absolute Gasteiger partial charge is 0.207 e. The van der Waals surface area contributed by atoms with Crippen molar-refractivity contribution >= 4 is 10.9 Å². The number of fused-ring (bicyclic) bond motifs is 1. The number of nitrogens with one attached hydrogen (secondary N) is 1. The van der Waals surface area contributed by atoms with Crippen LogP contribution in [0.25, 0.3) is 10.9 Å². The fraction of sp³-hybridized carbons (Fsp3) is 0.385. The van der Waals surface area contributed by atoms with Crippen molar-refractivity contribution in [1.29, 1.82) is 0 Å². The van der Waals surface area contributed by atoms with E-state index in [4.69, 9.17) is 0 Å². The fourth-order valence-corrected chi connectivity index (χ4v) is 2.00. The minimum absolute atomic E-state index is 0.00741. The molecule has 3 rings (SSSR count). The van der Waals surface area contributed by atoms with Crippen LogP contribution in [0.4, 0.5) is 0 Å². The second kappa shape index (κ2) is 4.30. The van der Waals surface area contributed by atoms with Crippen LogP contribution in [0.15, 0.2) is 35.3 Å². The summed E-state index contributed by atoms with van der Waals surface area (Å²) in [5, 5.41) is 8.38. The average Bonchev–Trinajstić information content (AvgIpc) is 3.17. The number of rotatable bonds is 4. The van der Waals surface area contributed by atoms with Crippen LogP contribution in [0.2, 0.25) is 0 Å². The molecule has 0 saturated heterocycles. The first-order chi connectivity index (χ1) is 8.34. The summed E-state index contributed by atoms with van der Waals surface area (Å²) in [5.74, 6) is 0. The quantitative estimate of drug-likeness (QED) is 0.855. The van der Waals surface area contributed by atoms with Gasteiger partial charge in [0.25, 0.3) is 0 Å². The number of hydrogen-bond donors (Lipinski definition) is 1. The van der Waals surface area contributed by atoms with Gasteiger partial charge in [-0.05, 0) is 25.0 Å². The van der Waals surface area contributed by atoms with Crippen molar-refractivity contribution in [2.45, 2.75) is 25.4 Å². The van der Waals surface area contributed by atoms with Gasteiger partial charge in [-0.2, -0.15) is 5.10 Å². The third-order valence-corrected chi connectivity index (χ3v) is 3.10. The van der Waals surface area contributed by atoms with Gasteiger partial charge in [-0.15, -0.1) is 0 Å². The van der Waals surface area contributed by atoms with Crippen LogP contribution in [-0.2, 0) is 6.54 Å². The normalized spacial score (nSPS) is 15.3. The topological polar surface area (TPSA) is 46.9 Å². The Bertz CT molecular complexity index is 586. The fourth-order valence-electron chi connectivity index (χ4n) is 2.00. The first kappa shape index (κ1) is 10.5. The van der Waals surface area contributed by atoms with Gasteiger partial charge in [-0.25, -0.2) is 0 Å². The zero-order valence-corrected chi connectivity index (χ0v) is 9.60. The van der Waals surface area contributed by atoms with Crippen molar-refractivity contribution in [1.82, 2.24) is 15.1 Å². The third-order valence-electron chi connectivity index (χ3n) is 3.10. The van der Waals surface area contributed by atoms with E-state index in [2.05, 4.69) is 10.4 Å². The van der Waals surface area contributed by atoms with Crippen LogP contribution in [0, 0.1) is 0 Å². The molecule has 2 aromatic rings. The highest BCUT2D eigenvalue weighted by Gasteiger charge is 2.19. The van der Waals surface area contributed by atoms with Gasteiger partial charge >= 0.3 is 0 Å². The lowest BCUT2D eigenvalue weighted by atomic mass is 10.2. The Kier molecular flexibility index (Phi) is 2.65. The summed E-state index contributed by atoms with van der Waals surface area (Å²) < 4.78 is 1.89. The molecular formula is C13H15N3O. The number of hydrogen-bond acceptors (Lipinski definition) is 3. The molecule has 1 N–H and O–H groups in total. The maximum atomic E-state index is 11.6. The van der Waals surface area contributed by atoms with Gasteiger partial charge in [0.05, 0.1) is 18.3 Å². The number of aromatic nitrogens is 2. The Morgan fingerprint density at radius 3 is 3.00 bits per heavy atom. The van der Waals surface area contributed by atoms with E-state index < -0.39 is 0 Å². The molecule has 0 unspecified atom stereocenters. The molecule has 1 aliphatic carbocycles. The molecule has 0 amide bonds. The lowest BCUT2D eigenvalue weighted by Crippen LogP contribution is -2.24. The summed E-state index contributed by atoms with van der Waals surface area (Å²) >= 11 is 0. The molecule has 1 aliphatic rings. The maximum absolute atomic E-state index is 11.6. The Morgan fingerprint density at radius 2 is 2.18 bits per heavy atom. The van der Waals surface area contributed by atoms with Crippen LogP contribution in [0.1, 0.15) is 12.8 Å². The molecule has 1 aromatic carbocycles. The van der Waals surface area contributed by atoms with E-state index in [1.165, 1.54) is 19.0 Å². The summed E-state index contributed by atoms with van der Waals surface area (Å²) in [6, 6.07) is 8.33. The zero-order valence-electron chi connectivity index (χ0n) is 9.60. The van der Waals surface area contributed by atoms with Crippen LogP contribution in [-0.4, -0.2) is 22.4 Å². The van der Waals surface area contributed by atoms with E-state index >= 15 is 0 Å². The lowest BCUT2D eigenvalue weighted by molar-refractivity contribution is 0.559. The van der Waals surface area contributed by atoms with E-state index in [1.807, 2.05) is 28.9 Å². The van der Waals surface area contributed by atoms with Crippen molar-refractivity contribution < 1.29 is 0 Å². The molecule has 4 heteroatoms. The molecule has 1 fully saturated rings. The standard InChI is InChI=1S/C13H15N3O/c17-13-9-15-16(8-7-14-10-5-6-10)12-4-2-1-3-11(12)13/h1-4,9-10,14H,5-8H2. The second-order valence-electron chi connectivity index (χ2n) is 4.48. The number of nitrogens with zero attached hydrogens (tertiary/aromatic N) is 2. The number of benzene rings is 1. The SMILES string of the molecule is O=c1cnn(CCNC2CC2)c2ccccc12. The van der Waals surface area contributed by atoms with E-state index in [-0.39, 0.29) is 5.43 Å². The Balaban J connectivity index is 1.87. The van der Waals surface area contributed by atoms with Gasteiger partial charge in [-0.3, -0.25) is 9.48 Å². The molecule has 0 spiro atoms. The van der Waals surface area contributed by atoms with Gasteiger partial charge in [-0.1, -0.05) is 12.1 Å². The highest BCUT2D eigenvalue weighted by molar-refractivity contribution is 5.77. The summed E-state index contributed by atoms with van der Waals surface area (Å²) in [7, 11) is 0. The van der Waals surface area contributed by atoms with Crippen LogP contribution in [0.3, 0.4) is 0 Å². The van der Waals surface area contributed by atoms with Crippen LogP contribution >= 0.6 is 0 Å². The van der Waals surface area contributed by atoms with Gasteiger partial charge in [0.1, 0.15) is 0 Å². The van der Waals surface area contributed by atoms with Gasteiger partial charge in [0.2, 0.25) is 5.43 Å². The summed E-state index contributed by atoms with van der Waals surface area (Å²) in [6.07, 6.45) is 3.98. The van der Waals surface area contributed by atoms with Crippen molar-refractivity contribution in [3.8, 4) is 0 Å². The third kappa shape index (κ3) is 2.22. The molecule has 1 aromatic heterocycles. The Hall–Kier alpha value is -1.68. The monoisotopic (exact) mass is 229 g/mol. The molecule has 88 valence electrons. The molecule has 1 heterocycles. The van der Waals surface area contributed by atoms with Crippen molar-refractivity contribution in [3.05, 3.63) is 40.7 Å². The number of para-hydroxylation sites is 1. The van der Waals surface area contributed by atoms with Crippen LogP contribution in [0.5, 0.6) is 0 Å². The van der Waals surface area contributed by atoms with E-state index in [0.717, 1.165) is 24.0 Å². The van der Waals surface area contributed by atoms with Crippen molar-refractivity contribution in [2.24, 2.45) is 0 Å². The molecule has 0 aliphatic heterocycles. The molecule has 0 bridgehead atoms. The average molecular weight is 229 g/mol. The summed E-state index contributed by atoms with van der Waals surface area (Å²) in [5.41, 5.74) is 0.907. The largest absolute Gasteiger partial charge is 0.312 e. The minimum atomic E-state index is -0.00741. The maximum Gasteiger partial charge on any atom is 0.207 e. The second-order valence-corrected chi connectivity index (χ2v) is 4.48. The molecule has 1 saturated carbocycles. The lowest BCUT2D eigenvalue weighted by Gasteiger charge is -2.09. The van der Waals surface area contributed by atoms with Gasteiger partial charge in [0, 0.05) is 18.0 Å². The highest BCUT2D eigenvalue weighted by Crippen LogP contribution is 2.18. The van der Waals surface area contributed by atoms with Crippen molar-refractivity contribution in [2.75, 3.05) is 6.54 Å². The van der Waals surface area contributed by atoms with E-state index in [1.54, 1.807) is 0 Å². The minimum Gasteiger partial charge on any atom is -0.312 e. The Morgan fingerprint density at radius 1 is 1.35 bits per heavy atom. The summed E-state index contributed by atoms with van der Waals surface area (Å²) in [6.45, 7) is 1.71. The van der Waals surface area contributed by atoms with Gasteiger partial charge < -0.3 is 5.32 Å². The van der Waals surface area contributed by atoms with E-state index in [0.29, 0.717) is 6.04 Å². The molecule has 4 nitrogen and oxygen atoms in total.